The van der Waals surface area contributed by atoms with Crippen molar-refractivity contribution in [1.82, 2.24) is 4.31 Å². The number of ether oxygens (including phenoxy) is 1. The lowest BCUT2D eigenvalue weighted by Crippen LogP contribution is -2.31. The maximum absolute atomic E-state index is 12.5. The lowest BCUT2D eigenvalue weighted by atomic mass is 10.1. The minimum Gasteiger partial charge on any atom is -0.480 e. The van der Waals surface area contributed by atoms with Gasteiger partial charge >= 0.3 is 0 Å². The first-order valence-corrected chi connectivity index (χ1v) is 10.5. The Labute approximate surface area is 164 Å². The SMILES string of the molecule is CCN(CC)S(=O)(=O)c1ccc(NC(=O)C2Cc3cc(Cl)ccc3O2)cc1. The highest BCUT2D eigenvalue weighted by molar-refractivity contribution is 7.89. The Bertz CT molecular complexity index is 941. The van der Waals surface area contributed by atoms with Crippen LogP contribution in [0.15, 0.2) is 47.4 Å². The third-order valence-corrected chi connectivity index (χ3v) is 6.75. The van der Waals surface area contributed by atoms with Crippen molar-refractivity contribution >= 4 is 33.2 Å². The van der Waals surface area contributed by atoms with Gasteiger partial charge in [0.1, 0.15) is 5.75 Å². The number of carbonyl (C=O) groups excluding carboxylic acids is 1. The average Bonchev–Trinajstić information content (AvgIpc) is 3.06. The van der Waals surface area contributed by atoms with E-state index in [1.807, 2.05) is 0 Å². The van der Waals surface area contributed by atoms with Crippen molar-refractivity contribution in [2.75, 3.05) is 18.4 Å². The van der Waals surface area contributed by atoms with Gasteiger partial charge in [-0.3, -0.25) is 4.79 Å². The molecule has 6 nitrogen and oxygen atoms in total. The van der Waals surface area contributed by atoms with Gasteiger partial charge < -0.3 is 10.1 Å². The van der Waals surface area contributed by atoms with E-state index in [4.69, 9.17) is 16.3 Å². The van der Waals surface area contributed by atoms with Crippen LogP contribution in [0.25, 0.3) is 0 Å². The van der Waals surface area contributed by atoms with E-state index in [1.165, 1.54) is 16.4 Å². The number of fused-ring (bicyclic) bond motifs is 1. The van der Waals surface area contributed by atoms with Gasteiger partial charge in [0.05, 0.1) is 4.90 Å². The highest BCUT2D eigenvalue weighted by Gasteiger charge is 2.29. The smallest absolute Gasteiger partial charge is 0.265 e. The lowest BCUT2D eigenvalue weighted by molar-refractivity contribution is -0.122. The molecule has 144 valence electrons. The van der Waals surface area contributed by atoms with Gasteiger partial charge in [0.15, 0.2) is 6.10 Å². The molecule has 0 radical (unpaired) electrons. The summed E-state index contributed by atoms with van der Waals surface area (Å²) in [7, 11) is -3.52. The number of benzene rings is 2. The monoisotopic (exact) mass is 408 g/mol. The summed E-state index contributed by atoms with van der Waals surface area (Å²) in [5.41, 5.74) is 1.40. The zero-order chi connectivity index (χ0) is 19.6. The lowest BCUT2D eigenvalue weighted by Gasteiger charge is -2.18. The molecular weight excluding hydrogens is 388 g/mol. The second-order valence-corrected chi connectivity index (χ2v) is 8.54. The van der Waals surface area contributed by atoms with Crippen molar-refractivity contribution in [2.24, 2.45) is 0 Å². The number of sulfonamides is 1. The number of hydrogen-bond donors (Lipinski definition) is 1. The van der Waals surface area contributed by atoms with Crippen molar-refractivity contribution in [3.63, 3.8) is 0 Å². The predicted molar refractivity (Wildman–Crippen MR) is 105 cm³/mol. The van der Waals surface area contributed by atoms with E-state index in [0.29, 0.717) is 36.0 Å². The van der Waals surface area contributed by atoms with Gasteiger partial charge in [-0.15, -0.1) is 0 Å². The molecule has 0 saturated carbocycles. The van der Waals surface area contributed by atoms with Crippen LogP contribution < -0.4 is 10.1 Å². The summed E-state index contributed by atoms with van der Waals surface area (Å²) >= 11 is 5.97. The topological polar surface area (TPSA) is 75.7 Å². The largest absolute Gasteiger partial charge is 0.480 e. The molecule has 1 heterocycles. The van der Waals surface area contributed by atoms with Gasteiger partial charge in [0.2, 0.25) is 10.0 Å². The minimum absolute atomic E-state index is 0.198. The van der Waals surface area contributed by atoms with Crippen molar-refractivity contribution in [3.8, 4) is 5.75 Å². The molecule has 1 aliphatic heterocycles. The van der Waals surface area contributed by atoms with Crippen LogP contribution >= 0.6 is 11.6 Å². The first kappa shape index (κ1) is 19.7. The Hall–Kier alpha value is -2.09. The fourth-order valence-electron chi connectivity index (χ4n) is 3.01. The fraction of sp³-hybridized carbons (Fsp3) is 0.316. The van der Waals surface area contributed by atoms with Gasteiger partial charge in [-0.25, -0.2) is 8.42 Å². The molecule has 2 aromatic rings. The first-order chi connectivity index (χ1) is 12.8. The second-order valence-electron chi connectivity index (χ2n) is 6.17. The third kappa shape index (κ3) is 4.10. The molecule has 0 bridgehead atoms. The quantitative estimate of drug-likeness (QED) is 0.795. The highest BCUT2D eigenvalue weighted by Crippen LogP contribution is 2.31. The van der Waals surface area contributed by atoms with E-state index < -0.39 is 16.1 Å². The molecular formula is C19H21ClN2O4S. The Balaban J connectivity index is 1.68. The zero-order valence-electron chi connectivity index (χ0n) is 15.1. The van der Waals surface area contributed by atoms with E-state index >= 15 is 0 Å². The molecule has 1 N–H and O–H groups in total. The van der Waals surface area contributed by atoms with Gasteiger partial charge in [-0.2, -0.15) is 4.31 Å². The number of carbonyl (C=O) groups is 1. The predicted octanol–water partition coefficient (Wildman–Crippen LogP) is 3.31. The maximum Gasteiger partial charge on any atom is 0.265 e. The number of hydrogen-bond acceptors (Lipinski definition) is 4. The first-order valence-electron chi connectivity index (χ1n) is 8.71. The number of nitrogens with one attached hydrogen (secondary N) is 1. The van der Waals surface area contributed by atoms with Crippen LogP contribution in [-0.2, 0) is 21.2 Å². The van der Waals surface area contributed by atoms with Crippen molar-refractivity contribution in [3.05, 3.63) is 53.1 Å². The molecule has 0 spiro atoms. The molecule has 1 unspecified atom stereocenters. The number of anilines is 1. The summed E-state index contributed by atoms with van der Waals surface area (Å²) in [6, 6.07) is 11.4. The van der Waals surface area contributed by atoms with E-state index in [-0.39, 0.29) is 10.8 Å². The molecule has 27 heavy (non-hydrogen) atoms. The van der Waals surface area contributed by atoms with E-state index in [0.717, 1.165) is 5.56 Å². The maximum atomic E-state index is 12.5. The summed E-state index contributed by atoms with van der Waals surface area (Å²) in [6.45, 7) is 4.40. The zero-order valence-corrected chi connectivity index (χ0v) is 16.7. The normalized spacial score (nSPS) is 16.1. The summed E-state index contributed by atoms with van der Waals surface area (Å²) in [6.07, 6.45) is -0.201. The highest BCUT2D eigenvalue weighted by atomic mass is 35.5. The van der Waals surface area contributed by atoms with Gasteiger partial charge in [0.25, 0.3) is 5.91 Å². The molecule has 0 saturated heterocycles. The Morgan fingerprint density at radius 1 is 1.19 bits per heavy atom. The van der Waals surface area contributed by atoms with Crippen LogP contribution in [0.1, 0.15) is 19.4 Å². The Morgan fingerprint density at radius 2 is 1.85 bits per heavy atom. The molecule has 0 aromatic heterocycles. The van der Waals surface area contributed by atoms with Crippen LogP contribution in [0.3, 0.4) is 0 Å². The molecule has 1 atom stereocenters. The van der Waals surface area contributed by atoms with Crippen molar-refractivity contribution < 1.29 is 17.9 Å². The summed E-state index contributed by atoms with van der Waals surface area (Å²) in [5.74, 6) is 0.363. The summed E-state index contributed by atoms with van der Waals surface area (Å²) in [5, 5.41) is 3.36. The Morgan fingerprint density at radius 3 is 2.48 bits per heavy atom. The van der Waals surface area contributed by atoms with Crippen LogP contribution in [0.5, 0.6) is 5.75 Å². The number of rotatable bonds is 6. The molecule has 8 heteroatoms. The van der Waals surface area contributed by atoms with Crippen molar-refractivity contribution in [1.29, 1.82) is 0 Å². The molecule has 1 aliphatic rings. The van der Waals surface area contributed by atoms with Gasteiger partial charge in [-0.05, 0) is 48.0 Å². The second kappa shape index (κ2) is 7.88. The molecule has 3 rings (SSSR count). The number of nitrogens with zero attached hydrogens (tertiary/aromatic N) is 1. The van der Waals surface area contributed by atoms with E-state index in [2.05, 4.69) is 5.32 Å². The average molecular weight is 409 g/mol. The Kier molecular flexibility index (Phi) is 5.74. The van der Waals surface area contributed by atoms with Crippen LogP contribution in [0.2, 0.25) is 5.02 Å². The standard InChI is InChI=1S/C19H21ClN2O4S/c1-3-22(4-2)27(24,25)16-8-6-15(7-9-16)21-19(23)18-12-13-11-14(20)5-10-17(13)26-18/h5-11,18H,3-4,12H2,1-2H3,(H,21,23). The van der Waals surface area contributed by atoms with Crippen LogP contribution in [0, 0.1) is 0 Å². The third-order valence-electron chi connectivity index (χ3n) is 4.45. The van der Waals surface area contributed by atoms with E-state index in [1.54, 1.807) is 44.2 Å². The molecule has 0 aliphatic carbocycles. The van der Waals surface area contributed by atoms with Crippen LogP contribution in [0.4, 0.5) is 5.69 Å². The van der Waals surface area contributed by atoms with Gasteiger partial charge in [0, 0.05) is 30.2 Å². The minimum atomic E-state index is -3.52. The molecule has 0 fully saturated rings. The summed E-state index contributed by atoms with van der Waals surface area (Å²) in [4.78, 5) is 12.7. The number of amides is 1. The van der Waals surface area contributed by atoms with E-state index in [9.17, 15) is 13.2 Å². The fourth-order valence-corrected chi connectivity index (χ4v) is 4.66. The molecule has 1 amide bonds. The number of halogens is 1. The summed E-state index contributed by atoms with van der Waals surface area (Å²) < 4.78 is 32.0. The van der Waals surface area contributed by atoms with Crippen LogP contribution in [-0.4, -0.2) is 37.8 Å². The van der Waals surface area contributed by atoms with Gasteiger partial charge in [-0.1, -0.05) is 25.4 Å². The molecule has 2 aromatic carbocycles. The van der Waals surface area contributed by atoms with Crippen molar-refractivity contribution in [2.45, 2.75) is 31.3 Å².